The van der Waals surface area contributed by atoms with Gasteiger partial charge in [0.25, 0.3) is 11.8 Å². The van der Waals surface area contributed by atoms with Crippen LogP contribution in [0.4, 0.5) is 0 Å². The van der Waals surface area contributed by atoms with Gasteiger partial charge in [-0.1, -0.05) is 20.8 Å². The highest BCUT2D eigenvalue weighted by atomic mass is 16.2. The van der Waals surface area contributed by atoms with Crippen molar-refractivity contribution in [1.82, 2.24) is 15.2 Å². The Balaban J connectivity index is 2.90. The summed E-state index contributed by atoms with van der Waals surface area (Å²) in [4.78, 5) is 30.6. The lowest BCUT2D eigenvalue weighted by atomic mass is 10.1. The van der Waals surface area contributed by atoms with E-state index in [1.165, 1.54) is 6.20 Å². The van der Waals surface area contributed by atoms with Gasteiger partial charge in [-0.05, 0) is 38.3 Å². The van der Waals surface area contributed by atoms with E-state index in [0.717, 1.165) is 19.3 Å². The summed E-state index contributed by atoms with van der Waals surface area (Å²) in [7, 11) is 0. The molecule has 0 bridgehead atoms. The van der Waals surface area contributed by atoms with Gasteiger partial charge in [0.2, 0.25) is 0 Å². The molecule has 0 aromatic carbocycles. The SMILES string of the molecule is CCCN(CCC)C(=O)c1cc(C(=O)NC(C)CC)ccn1. The van der Waals surface area contributed by atoms with Gasteiger partial charge < -0.3 is 10.2 Å². The Morgan fingerprint density at radius 3 is 2.41 bits per heavy atom. The van der Waals surface area contributed by atoms with Crippen LogP contribution >= 0.6 is 0 Å². The van der Waals surface area contributed by atoms with Crippen molar-refractivity contribution in [1.29, 1.82) is 0 Å². The zero-order valence-corrected chi connectivity index (χ0v) is 14.1. The second kappa shape index (κ2) is 9.18. The Hall–Kier alpha value is -1.91. The molecule has 0 spiro atoms. The Kier molecular flexibility index (Phi) is 7.57. The van der Waals surface area contributed by atoms with Crippen LogP contribution in [0.3, 0.4) is 0 Å². The first-order chi connectivity index (χ1) is 10.5. The van der Waals surface area contributed by atoms with Crippen molar-refractivity contribution in [2.45, 2.75) is 53.0 Å². The Morgan fingerprint density at radius 1 is 1.23 bits per heavy atom. The van der Waals surface area contributed by atoms with E-state index in [0.29, 0.717) is 24.3 Å². The molecule has 1 aromatic heterocycles. The monoisotopic (exact) mass is 305 g/mol. The lowest BCUT2D eigenvalue weighted by Gasteiger charge is -2.21. The molecule has 1 rings (SSSR count). The van der Waals surface area contributed by atoms with E-state index in [4.69, 9.17) is 0 Å². The molecule has 0 fully saturated rings. The molecule has 0 aliphatic heterocycles. The van der Waals surface area contributed by atoms with Crippen LogP contribution in [0.1, 0.15) is 67.8 Å². The van der Waals surface area contributed by atoms with E-state index in [-0.39, 0.29) is 17.9 Å². The fraction of sp³-hybridized carbons (Fsp3) is 0.588. The summed E-state index contributed by atoms with van der Waals surface area (Å²) in [6, 6.07) is 3.33. The molecule has 1 unspecified atom stereocenters. The first-order valence-corrected chi connectivity index (χ1v) is 8.09. The van der Waals surface area contributed by atoms with Crippen LogP contribution in [-0.4, -0.2) is 40.8 Å². The second-order valence-electron chi connectivity index (χ2n) is 5.50. The average Bonchev–Trinajstić information content (AvgIpc) is 2.53. The second-order valence-corrected chi connectivity index (χ2v) is 5.50. The minimum Gasteiger partial charge on any atom is -0.350 e. The van der Waals surface area contributed by atoms with Gasteiger partial charge in [-0.3, -0.25) is 14.6 Å². The fourth-order valence-corrected chi connectivity index (χ4v) is 2.11. The van der Waals surface area contributed by atoms with Crippen molar-refractivity contribution in [2.24, 2.45) is 0 Å². The highest BCUT2D eigenvalue weighted by Gasteiger charge is 2.17. The van der Waals surface area contributed by atoms with Crippen LogP contribution in [0.5, 0.6) is 0 Å². The molecule has 122 valence electrons. The van der Waals surface area contributed by atoms with Crippen LogP contribution < -0.4 is 5.32 Å². The molecule has 22 heavy (non-hydrogen) atoms. The van der Waals surface area contributed by atoms with Crippen LogP contribution in [-0.2, 0) is 0 Å². The molecule has 1 aromatic rings. The maximum Gasteiger partial charge on any atom is 0.272 e. The quantitative estimate of drug-likeness (QED) is 0.803. The summed E-state index contributed by atoms with van der Waals surface area (Å²) in [5.74, 6) is -0.273. The molecule has 0 aliphatic rings. The third-order valence-corrected chi connectivity index (χ3v) is 3.51. The molecule has 0 aliphatic carbocycles. The Morgan fingerprint density at radius 2 is 1.86 bits per heavy atom. The van der Waals surface area contributed by atoms with Crippen molar-refractivity contribution in [3.8, 4) is 0 Å². The zero-order chi connectivity index (χ0) is 16.5. The van der Waals surface area contributed by atoms with Crippen LogP contribution in [0.25, 0.3) is 0 Å². The number of pyridine rings is 1. The minimum absolute atomic E-state index is 0.108. The number of nitrogens with one attached hydrogen (secondary N) is 1. The normalized spacial score (nSPS) is 11.8. The third-order valence-electron chi connectivity index (χ3n) is 3.51. The summed E-state index contributed by atoms with van der Waals surface area (Å²) in [5.41, 5.74) is 0.810. The molecule has 5 heteroatoms. The van der Waals surface area contributed by atoms with E-state index in [2.05, 4.69) is 10.3 Å². The van der Waals surface area contributed by atoms with Gasteiger partial charge in [0.05, 0.1) is 0 Å². The highest BCUT2D eigenvalue weighted by Crippen LogP contribution is 2.08. The van der Waals surface area contributed by atoms with Crippen LogP contribution in [0.15, 0.2) is 18.3 Å². The number of rotatable bonds is 8. The van der Waals surface area contributed by atoms with Gasteiger partial charge >= 0.3 is 0 Å². The summed E-state index contributed by atoms with van der Waals surface area (Å²) < 4.78 is 0. The zero-order valence-electron chi connectivity index (χ0n) is 14.1. The third kappa shape index (κ3) is 5.13. The van der Waals surface area contributed by atoms with Crippen molar-refractivity contribution >= 4 is 11.8 Å². The summed E-state index contributed by atoms with van der Waals surface area (Å²) >= 11 is 0. The van der Waals surface area contributed by atoms with Gasteiger partial charge in [-0.15, -0.1) is 0 Å². The summed E-state index contributed by atoms with van der Waals surface area (Å²) in [6.07, 6.45) is 4.19. The smallest absolute Gasteiger partial charge is 0.272 e. The van der Waals surface area contributed by atoms with E-state index in [1.54, 1.807) is 17.0 Å². The van der Waals surface area contributed by atoms with Gasteiger partial charge in [0, 0.05) is 30.9 Å². The summed E-state index contributed by atoms with van der Waals surface area (Å²) in [6.45, 7) is 9.46. The van der Waals surface area contributed by atoms with Gasteiger partial charge in [-0.25, -0.2) is 0 Å². The predicted octanol–water partition coefficient (Wildman–Crippen LogP) is 2.87. The average molecular weight is 305 g/mol. The number of hydrogen-bond donors (Lipinski definition) is 1. The lowest BCUT2D eigenvalue weighted by molar-refractivity contribution is 0.0749. The van der Waals surface area contributed by atoms with E-state index < -0.39 is 0 Å². The number of carbonyl (C=O) groups excluding carboxylic acids is 2. The number of amides is 2. The number of hydrogen-bond acceptors (Lipinski definition) is 3. The molecule has 0 saturated carbocycles. The minimum atomic E-state index is -0.164. The first kappa shape index (κ1) is 18.1. The molecule has 1 heterocycles. The Labute approximate surface area is 133 Å². The molecular formula is C17H27N3O2. The molecule has 1 atom stereocenters. The van der Waals surface area contributed by atoms with Crippen LogP contribution in [0, 0.1) is 0 Å². The summed E-state index contributed by atoms with van der Waals surface area (Å²) in [5, 5.41) is 2.90. The first-order valence-electron chi connectivity index (χ1n) is 8.09. The van der Waals surface area contributed by atoms with Crippen molar-refractivity contribution in [2.75, 3.05) is 13.1 Å². The van der Waals surface area contributed by atoms with Gasteiger partial charge in [-0.2, -0.15) is 0 Å². The Bertz CT molecular complexity index is 496. The molecular weight excluding hydrogens is 278 g/mol. The standard InChI is InChI=1S/C17H27N3O2/c1-5-10-20(11-6-2)17(22)15-12-14(8-9-18-15)16(21)19-13(4)7-3/h8-9,12-13H,5-7,10-11H2,1-4H3,(H,19,21). The van der Waals surface area contributed by atoms with Gasteiger partial charge in [0.1, 0.15) is 5.69 Å². The maximum atomic E-state index is 12.5. The lowest BCUT2D eigenvalue weighted by Crippen LogP contribution is -2.34. The molecule has 0 radical (unpaired) electrons. The van der Waals surface area contributed by atoms with Crippen molar-refractivity contribution in [3.05, 3.63) is 29.6 Å². The van der Waals surface area contributed by atoms with Crippen LogP contribution in [0.2, 0.25) is 0 Å². The largest absolute Gasteiger partial charge is 0.350 e. The molecule has 1 N–H and O–H groups in total. The topological polar surface area (TPSA) is 62.3 Å². The number of carbonyl (C=O) groups is 2. The highest BCUT2D eigenvalue weighted by molar-refractivity contribution is 5.98. The fourth-order valence-electron chi connectivity index (χ4n) is 2.11. The molecule has 5 nitrogen and oxygen atoms in total. The van der Waals surface area contributed by atoms with Crippen molar-refractivity contribution in [3.63, 3.8) is 0 Å². The number of aromatic nitrogens is 1. The maximum absolute atomic E-state index is 12.5. The molecule has 2 amide bonds. The molecule has 0 saturated heterocycles. The van der Waals surface area contributed by atoms with E-state index >= 15 is 0 Å². The predicted molar refractivity (Wildman–Crippen MR) is 87.9 cm³/mol. The van der Waals surface area contributed by atoms with Crippen molar-refractivity contribution < 1.29 is 9.59 Å². The van der Waals surface area contributed by atoms with Gasteiger partial charge in [0.15, 0.2) is 0 Å². The van der Waals surface area contributed by atoms with E-state index in [9.17, 15) is 9.59 Å². The number of nitrogens with zero attached hydrogens (tertiary/aromatic N) is 2. The van der Waals surface area contributed by atoms with E-state index in [1.807, 2.05) is 27.7 Å².